The first-order valence-corrected chi connectivity index (χ1v) is 7.68. The van der Waals surface area contributed by atoms with Crippen LogP contribution in [0.1, 0.15) is 22.3 Å². The van der Waals surface area contributed by atoms with E-state index in [9.17, 15) is 4.79 Å². The van der Waals surface area contributed by atoms with Gasteiger partial charge in [-0.2, -0.15) is 0 Å². The van der Waals surface area contributed by atoms with Crippen molar-refractivity contribution in [1.29, 1.82) is 0 Å². The number of Topliss-reactive ketones (excluding diaryl/α,β-unsaturated/α-hetero) is 1. The van der Waals surface area contributed by atoms with Crippen LogP contribution in [-0.2, 0) is 5.41 Å². The van der Waals surface area contributed by atoms with Crippen LogP contribution >= 0.6 is 0 Å². The summed E-state index contributed by atoms with van der Waals surface area (Å²) in [5, 5.41) is 4.45. The Kier molecular flexibility index (Phi) is 3.09. The zero-order chi connectivity index (χ0) is 15.0. The van der Waals surface area contributed by atoms with Gasteiger partial charge in [-0.05, 0) is 42.8 Å². The van der Waals surface area contributed by atoms with Crippen molar-refractivity contribution in [3.05, 3.63) is 71.9 Å². The van der Waals surface area contributed by atoms with Crippen LogP contribution in [0.5, 0.6) is 0 Å². The molecule has 2 heterocycles. The number of carbonyl (C=O) groups is 1. The molecule has 22 heavy (non-hydrogen) atoms. The number of benzene rings is 2. The number of hydrogen-bond acceptors (Lipinski definition) is 2. The van der Waals surface area contributed by atoms with Gasteiger partial charge in [0.15, 0.2) is 5.78 Å². The van der Waals surface area contributed by atoms with Crippen LogP contribution in [0.4, 0.5) is 0 Å². The van der Waals surface area contributed by atoms with E-state index in [0.717, 1.165) is 35.0 Å². The van der Waals surface area contributed by atoms with Gasteiger partial charge in [0.2, 0.25) is 0 Å². The normalized spacial score (nSPS) is 21.3. The van der Waals surface area contributed by atoms with Crippen LogP contribution in [0.3, 0.4) is 0 Å². The molecule has 1 fully saturated rings. The second-order valence-corrected chi connectivity index (χ2v) is 5.98. The molecule has 0 aliphatic carbocycles. The van der Waals surface area contributed by atoms with Crippen molar-refractivity contribution in [2.45, 2.75) is 11.8 Å². The first-order valence-electron chi connectivity index (χ1n) is 7.68. The number of aromatic amines is 1. The summed E-state index contributed by atoms with van der Waals surface area (Å²) in [7, 11) is 0. The van der Waals surface area contributed by atoms with Crippen LogP contribution in [0.2, 0.25) is 0 Å². The Balaban J connectivity index is 1.81. The first-order chi connectivity index (χ1) is 10.8. The van der Waals surface area contributed by atoms with E-state index < -0.39 is 5.41 Å². The Morgan fingerprint density at radius 2 is 1.91 bits per heavy atom. The highest BCUT2D eigenvalue weighted by molar-refractivity contribution is 6.06. The summed E-state index contributed by atoms with van der Waals surface area (Å²) < 4.78 is 0. The highest BCUT2D eigenvalue weighted by Gasteiger charge is 2.42. The number of hydrogen-bond donors (Lipinski definition) is 2. The number of H-pyrrole nitrogens is 1. The highest BCUT2D eigenvalue weighted by atomic mass is 16.1. The molecule has 1 aliphatic heterocycles. The smallest absolute Gasteiger partial charge is 0.174 e. The molecule has 3 nitrogen and oxygen atoms in total. The lowest BCUT2D eigenvalue weighted by molar-refractivity contribution is 0.0896. The molecule has 1 aromatic heterocycles. The molecule has 1 saturated heterocycles. The molecule has 0 spiro atoms. The molecule has 1 aliphatic rings. The minimum atomic E-state index is -0.439. The molecular formula is C19H18N2O. The summed E-state index contributed by atoms with van der Waals surface area (Å²) in [6.07, 6.45) is 2.75. The van der Waals surface area contributed by atoms with Crippen LogP contribution in [0.25, 0.3) is 10.9 Å². The van der Waals surface area contributed by atoms with Gasteiger partial charge in [-0.15, -0.1) is 0 Å². The van der Waals surface area contributed by atoms with E-state index in [1.165, 1.54) is 0 Å². The Hall–Kier alpha value is -2.39. The maximum Gasteiger partial charge on any atom is 0.174 e. The lowest BCUT2D eigenvalue weighted by Crippen LogP contribution is -2.38. The second kappa shape index (κ2) is 5.11. The maximum absolute atomic E-state index is 13.3. The fraction of sp³-hybridized carbons (Fsp3) is 0.211. The molecule has 2 aromatic carbocycles. The van der Waals surface area contributed by atoms with Crippen LogP contribution < -0.4 is 5.32 Å². The van der Waals surface area contributed by atoms with Gasteiger partial charge in [-0.1, -0.05) is 30.3 Å². The van der Waals surface area contributed by atoms with E-state index in [1.807, 2.05) is 48.7 Å². The third kappa shape index (κ3) is 1.97. The number of ketones is 1. The van der Waals surface area contributed by atoms with Crippen LogP contribution in [-0.4, -0.2) is 23.9 Å². The van der Waals surface area contributed by atoms with Gasteiger partial charge in [0, 0.05) is 29.2 Å². The molecule has 3 heteroatoms. The Morgan fingerprint density at radius 1 is 1.05 bits per heavy atom. The van der Waals surface area contributed by atoms with Crippen LogP contribution in [0, 0.1) is 0 Å². The van der Waals surface area contributed by atoms with Crippen molar-refractivity contribution in [2.24, 2.45) is 0 Å². The maximum atomic E-state index is 13.3. The Morgan fingerprint density at radius 3 is 2.68 bits per heavy atom. The zero-order valence-electron chi connectivity index (χ0n) is 12.3. The van der Waals surface area contributed by atoms with Gasteiger partial charge in [-0.3, -0.25) is 4.79 Å². The van der Waals surface area contributed by atoms with Gasteiger partial charge >= 0.3 is 0 Å². The Bertz CT molecular complexity index is 814. The topological polar surface area (TPSA) is 44.9 Å². The minimum Gasteiger partial charge on any atom is -0.361 e. The van der Waals surface area contributed by atoms with E-state index in [1.54, 1.807) is 0 Å². The molecule has 0 bridgehead atoms. The number of carbonyl (C=O) groups excluding carboxylic acids is 1. The Labute approximate surface area is 129 Å². The summed E-state index contributed by atoms with van der Waals surface area (Å²) in [4.78, 5) is 16.5. The third-order valence-electron chi connectivity index (χ3n) is 4.73. The van der Waals surface area contributed by atoms with E-state index in [-0.39, 0.29) is 5.78 Å². The number of fused-ring (bicyclic) bond motifs is 1. The van der Waals surface area contributed by atoms with Crippen molar-refractivity contribution in [3.8, 4) is 0 Å². The van der Waals surface area contributed by atoms with Crippen molar-refractivity contribution < 1.29 is 4.79 Å². The average molecular weight is 290 g/mol. The first kappa shape index (κ1) is 13.3. The van der Waals surface area contributed by atoms with E-state index >= 15 is 0 Å². The number of rotatable bonds is 3. The monoisotopic (exact) mass is 290 g/mol. The summed E-state index contributed by atoms with van der Waals surface area (Å²) in [5.74, 6) is 0.215. The van der Waals surface area contributed by atoms with Gasteiger partial charge in [0.25, 0.3) is 0 Å². The third-order valence-corrected chi connectivity index (χ3v) is 4.73. The zero-order valence-corrected chi connectivity index (χ0v) is 12.3. The molecule has 2 N–H and O–H groups in total. The molecule has 0 amide bonds. The van der Waals surface area contributed by atoms with Crippen LogP contribution in [0.15, 0.2) is 60.8 Å². The van der Waals surface area contributed by atoms with Crippen molar-refractivity contribution in [1.82, 2.24) is 10.3 Å². The number of nitrogens with one attached hydrogen (secondary N) is 2. The molecule has 3 aromatic rings. The lowest BCUT2D eigenvalue weighted by Gasteiger charge is -2.27. The highest BCUT2D eigenvalue weighted by Crippen LogP contribution is 2.35. The molecule has 0 saturated carbocycles. The second-order valence-electron chi connectivity index (χ2n) is 5.98. The molecular weight excluding hydrogens is 272 g/mol. The lowest BCUT2D eigenvalue weighted by atomic mass is 9.74. The largest absolute Gasteiger partial charge is 0.361 e. The van der Waals surface area contributed by atoms with Gasteiger partial charge < -0.3 is 10.3 Å². The van der Waals surface area contributed by atoms with Crippen molar-refractivity contribution in [2.75, 3.05) is 13.1 Å². The average Bonchev–Trinajstić information content (AvgIpc) is 3.24. The van der Waals surface area contributed by atoms with Crippen molar-refractivity contribution in [3.63, 3.8) is 0 Å². The molecule has 4 rings (SSSR count). The van der Waals surface area contributed by atoms with Crippen molar-refractivity contribution >= 4 is 16.7 Å². The fourth-order valence-electron chi connectivity index (χ4n) is 3.49. The summed E-state index contributed by atoms with van der Waals surface area (Å²) in [5.41, 5.74) is 2.53. The van der Waals surface area contributed by atoms with E-state index in [4.69, 9.17) is 0 Å². The quantitative estimate of drug-likeness (QED) is 0.727. The fourth-order valence-corrected chi connectivity index (χ4v) is 3.49. The van der Waals surface area contributed by atoms with Gasteiger partial charge in [0.1, 0.15) is 0 Å². The molecule has 0 radical (unpaired) electrons. The molecule has 1 unspecified atom stereocenters. The summed E-state index contributed by atoms with van der Waals surface area (Å²) in [6, 6.07) is 18.1. The van der Waals surface area contributed by atoms with Gasteiger partial charge in [-0.25, -0.2) is 0 Å². The molecule has 110 valence electrons. The van der Waals surface area contributed by atoms with E-state index in [2.05, 4.69) is 22.4 Å². The van der Waals surface area contributed by atoms with Gasteiger partial charge in [0.05, 0.1) is 5.41 Å². The molecule has 1 atom stereocenters. The van der Waals surface area contributed by atoms with E-state index in [0.29, 0.717) is 6.54 Å². The summed E-state index contributed by atoms with van der Waals surface area (Å²) >= 11 is 0. The number of aromatic nitrogens is 1. The predicted octanol–water partition coefficient (Wildman–Crippen LogP) is 3.28. The SMILES string of the molecule is O=C(c1ccc2[nH]ccc2c1)C1(c2ccccc2)CCNC1. The predicted molar refractivity (Wildman–Crippen MR) is 88.2 cm³/mol. The minimum absolute atomic E-state index is 0.215. The summed E-state index contributed by atoms with van der Waals surface area (Å²) in [6.45, 7) is 1.59. The standard InChI is InChI=1S/C19H18N2O/c22-18(15-6-7-17-14(12-15)8-10-21-17)19(9-11-20-13-19)16-4-2-1-3-5-16/h1-8,10,12,20-21H,9,11,13H2.